The van der Waals surface area contributed by atoms with Gasteiger partial charge < -0.3 is 4.74 Å². The molecule has 0 aromatic carbocycles. The lowest BCUT2D eigenvalue weighted by molar-refractivity contribution is 0.0534. The standard InChI is InChI=1S/C7H11ClN4O/c8-4-7-9-10-11-12(7)6-2-1-3-13-5-6/h6H,1-5H2. The van der Waals surface area contributed by atoms with Crippen LogP contribution in [-0.2, 0) is 10.6 Å². The molecule has 0 spiro atoms. The molecule has 0 aliphatic carbocycles. The van der Waals surface area contributed by atoms with Crippen LogP contribution in [-0.4, -0.2) is 33.4 Å². The molecular weight excluding hydrogens is 192 g/mol. The van der Waals surface area contributed by atoms with Crippen molar-refractivity contribution in [1.82, 2.24) is 20.2 Å². The second-order valence-corrected chi connectivity index (χ2v) is 3.31. The Balaban J connectivity index is 2.13. The van der Waals surface area contributed by atoms with Gasteiger partial charge in [-0.1, -0.05) is 0 Å². The van der Waals surface area contributed by atoms with Gasteiger partial charge in [0.25, 0.3) is 0 Å². The zero-order valence-corrected chi connectivity index (χ0v) is 7.94. The first-order valence-electron chi connectivity index (χ1n) is 4.32. The molecule has 2 heterocycles. The first kappa shape index (κ1) is 8.90. The van der Waals surface area contributed by atoms with Gasteiger partial charge in [0.05, 0.1) is 18.5 Å². The molecule has 5 nitrogen and oxygen atoms in total. The monoisotopic (exact) mass is 202 g/mol. The molecule has 2 rings (SSSR count). The van der Waals surface area contributed by atoms with Crippen molar-refractivity contribution in [2.24, 2.45) is 0 Å². The Bertz CT molecular complexity index is 271. The zero-order chi connectivity index (χ0) is 9.10. The molecule has 0 saturated carbocycles. The minimum absolute atomic E-state index is 0.262. The third-order valence-electron chi connectivity index (χ3n) is 2.16. The summed E-state index contributed by atoms with van der Waals surface area (Å²) in [5.74, 6) is 1.07. The molecule has 0 bridgehead atoms. The van der Waals surface area contributed by atoms with Gasteiger partial charge in [-0.25, -0.2) is 4.68 Å². The van der Waals surface area contributed by atoms with Crippen LogP contribution in [0.3, 0.4) is 0 Å². The van der Waals surface area contributed by atoms with E-state index in [4.69, 9.17) is 16.3 Å². The van der Waals surface area contributed by atoms with E-state index in [0.29, 0.717) is 12.5 Å². The van der Waals surface area contributed by atoms with Gasteiger partial charge in [-0.3, -0.25) is 0 Å². The average molecular weight is 203 g/mol. The van der Waals surface area contributed by atoms with Gasteiger partial charge in [-0.2, -0.15) is 0 Å². The molecule has 1 fully saturated rings. The van der Waals surface area contributed by atoms with Crippen LogP contribution in [0.4, 0.5) is 0 Å². The summed E-state index contributed by atoms with van der Waals surface area (Å²) in [6.07, 6.45) is 2.13. The summed E-state index contributed by atoms with van der Waals surface area (Å²) in [5.41, 5.74) is 0. The fourth-order valence-electron chi connectivity index (χ4n) is 1.50. The van der Waals surface area contributed by atoms with Gasteiger partial charge in [-0.15, -0.1) is 16.7 Å². The molecule has 13 heavy (non-hydrogen) atoms. The largest absolute Gasteiger partial charge is 0.379 e. The zero-order valence-electron chi connectivity index (χ0n) is 7.19. The number of hydrogen-bond acceptors (Lipinski definition) is 4. The van der Waals surface area contributed by atoms with Crippen LogP contribution in [0.15, 0.2) is 0 Å². The number of halogens is 1. The Hall–Kier alpha value is -0.680. The third kappa shape index (κ3) is 1.81. The van der Waals surface area contributed by atoms with Crippen molar-refractivity contribution in [3.8, 4) is 0 Å². The summed E-state index contributed by atoms with van der Waals surface area (Å²) >= 11 is 5.69. The Morgan fingerprint density at radius 2 is 2.54 bits per heavy atom. The topological polar surface area (TPSA) is 52.8 Å². The van der Waals surface area contributed by atoms with E-state index < -0.39 is 0 Å². The molecule has 1 aliphatic rings. The molecule has 1 aliphatic heterocycles. The molecule has 1 saturated heterocycles. The molecule has 72 valence electrons. The predicted octanol–water partition coefficient (Wildman–Crippen LogP) is 0.763. The first-order valence-corrected chi connectivity index (χ1v) is 4.85. The fraction of sp³-hybridized carbons (Fsp3) is 0.857. The lowest BCUT2D eigenvalue weighted by Crippen LogP contribution is -2.23. The van der Waals surface area contributed by atoms with E-state index >= 15 is 0 Å². The summed E-state index contributed by atoms with van der Waals surface area (Å²) in [6, 6.07) is 0.262. The predicted molar refractivity (Wildman–Crippen MR) is 46.5 cm³/mol. The quantitative estimate of drug-likeness (QED) is 0.665. The highest BCUT2D eigenvalue weighted by Crippen LogP contribution is 2.19. The van der Waals surface area contributed by atoms with Crippen molar-refractivity contribution in [2.45, 2.75) is 24.8 Å². The van der Waals surface area contributed by atoms with E-state index in [0.717, 1.165) is 25.3 Å². The highest BCUT2D eigenvalue weighted by Gasteiger charge is 2.19. The van der Waals surface area contributed by atoms with E-state index in [9.17, 15) is 0 Å². The van der Waals surface area contributed by atoms with Gasteiger partial charge in [0.15, 0.2) is 5.82 Å². The Morgan fingerprint density at radius 3 is 3.23 bits per heavy atom. The van der Waals surface area contributed by atoms with Crippen LogP contribution in [0.2, 0.25) is 0 Å². The van der Waals surface area contributed by atoms with E-state index in [1.807, 2.05) is 0 Å². The fourth-order valence-corrected chi connectivity index (χ4v) is 1.68. The lowest BCUT2D eigenvalue weighted by atomic mass is 10.1. The number of nitrogens with zero attached hydrogens (tertiary/aromatic N) is 4. The molecular formula is C7H11ClN4O. The molecule has 1 aromatic rings. The van der Waals surface area contributed by atoms with E-state index in [1.165, 1.54) is 0 Å². The van der Waals surface area contributed by atoms with Crippen LogP contribution in [0, 0.1) is 0 Å². The number of hydrogen-bond donors (Lipinski definition) is 0. The highest BCUT2D eigenvalue weighted by molar-refractivity contribution is 6.16. The van der Waals surface area contributed by atoms with E-state index in [1.54, 1.807) is 4.68 Å². The number of ether oxygens (including phenoxy) is 1. The van der Waals surface area contributed by atoms with Crippen molar-refractivity contribution >= 4 is 11.6 Å². The maximum absolute atomic E-state index is 5.69. The average Bonchev–Trinajstić information content (AvgIpc) is 2.67. The number of tetrazole rings is 1. The van der Waals surface area contributed by atoms with Crippen molar-refractivity contribution in [3.05, 3.63) is 5.82 Å². The number of rotatable bonds is 2. The van der Waals surface area contributed by atoms with Crippen LogP contribution in [0.5, 0.6) is 0 Å². The molecule has 0 radical (unpaired) electrons. The van der Waals surface area contributed by atoms with Crippen LogP contribution >= 0.6 is 11.6 Å². The minimum atomic E-state index is 0.262. The van der Waals surface area contributed by atoms with Crippen molar-refractivity contribution in [2.75, 3.05) is 13.2 Å². The van der Waals surface area contributed by atoms with Crippen molar-refractivity contribution in [1.29, 1.82) is 0 Å². The summed E-state index contributed by atoms with van der Waals surface area (Å²) in [4.78, 5) is 0. The molecule has 1 atom stereocenters. The lowest BCUT2D eigenvalue weighted by Gasteiger charge is -2.22. The summed E-state index contributed by atoms with van der Waals surface area (Å²) in [7, 11) is 0. The Labute approximate surface area is 81.0 Å². The van der Waals surface area contributed by atoms with E-state index in [-0.39, 0.29) is 6.04 Å². The Kier molecular flexibility index (Phi) is 2.75. The van der Waals surface area contributed by atoms with Crippen molar-refractivity contribution in [3.63, 3.8) is 0 Å². The third-order valence-corrected chi connectivity index (χ3v) is 2.40. The smallest absolute Gasteiger partial charge is 0.166 e. The second kappa shape index (κ2) is 4.02. The van der Waals surface area contributed by atoms with Gasteiger partial charge in [0.2, 0.25) is 0 Å². The minimum Gasteiger partial charge on any atom is -0.379 e. The molecule has 0 amide bonds. The van der Waals surface area contributed by atoms with Crippen LogP contribution in [0.1, 0.15) is 24.7 Å². The number of alkyl halides is 1. The molecule has 1 unspecified atom stereocenters. The molecule has 6 heteroatoms. The molecule has 1 aromatic heterocycles. The molecule has 0 N–H and O–H groups in total. The summed E-state index contributed by atoms with van der Waals surface area (Å²) < 4.78 is 7.12. The van der Waals surface area contributed by atoms with Crippen LogP contribution in [0.25, 0.3) is 0 Å². The van der Waals surface area contributed by atoms with E-state index in [2.05, 4.69) is 15.5 Å². The highest BCUT2D eigenvalue weighted by atomic mass is 35.5. The summed E-state index contributed by atoms with van der Waals surface area (Å²) in [6.45, 7) is 1.53. The van der Waals surface area contributed by atoms with Gasteiger partial charge in [0.1, 0.15) is 0 Å². The van der Waals surface area contributed by atoms with Crippen molar-refractivity contribution < 1.29 is 4.74 Å². The van der Waals surface area contributed by atoms with Gasteiger partial charge >= 0.3 is 0 Å². The first-order chi connectivity index (χ1) is 6.42. The number of aromatic nitrogens is 4. The second-order valence-electron chi connectivity index (χ2n) is 3.04. The maximum atomic E-state index is 5.69. The van der Waals surface area contributed by atoms with Crippen LogP contribution < -0.4 is 0 Å². The van der Waals surface area contributed by atoms with Gasteiger partial charge in [0, 0.05) is 6.61 Å². The normalized spacial score (nSPS) is 23.3. The maximum Gasteiger partial charge on any atom is 0.166 e. The Morgan fingerprint density at radius 1 is 1.62 bits per heavy atom. The summed E-state index contributed by atoms with van der Waals surface area (Å²) in [5, 5.41) is 11.3. The van der Waals surface area contributed by atoms with Gasteiger partial charge in [-0.05, 0) is 23.3 Å². The SMILES string of the molecule is ClCc1nnnn1C1CCCOC1.